The van der Waals surface area contributed by atoms with Gasteiger partial charge >= 0.3 is 5.97 Å². The molecule has 0 saturated carbocycles. The number of hydrogen-bond acceptors (Lipinski definition) is 6. The molecule has 0 unspecified atom stereocenters. The van der Waals surface area contributed by atoms with Crippen molar-refractivity contribution in [2.24, 2.45) is 5.92 Å². The van der Waals surface area contributed by atoms with Gasteiger partial charge in [0.2, 0.25) is 5.91 Å². The molecular formula is C21H17BrCl2N4O6. The first-order valence-corrected chi connectivity index (χ1v) is 11.3. The summed E-state index contributed by atoms with van der Waals surface area (Å²) in [4.78, 5) is 60.7. The molecule has 4 amide bonds. The third-order valence-electron chi connectivity index (χ3n) is 4.64. The van der Waals surface area contributed by atoms with Crippen molar-refractivity contribution in [3.63, 3.8) is 0 Å². The van der Waals surface area contributed by atoms with Crippen LogP contribution in [0.5, 0.6) is 0 Å². The van der Waals surface area contributed by atoms with Crippen LogP contribution in [0, 0.1) is 5.92 Å². The van der Waals surface area contributed by atoms with Crippen LogP contribution in [0.1, 0.15) is 27.1 Å². The maximum atomic E-state index is 12.4. The van der Waals surface area contributed by atoms with Gasteiger partial charge in [-0.05, 0) is 42.5 Å². The lowest BCUT2D eigenvalue weighted by atomic mass is 10.1. The zero-order valence-electron chi connectivity index (χ0n) is 17.3. The summed E-state index contributed by atoms with van der Waals surface area (Å²) in [7, 11) is 0. The largest absolute Gasteiger partial charge is 0.455 e. The molecule has 13 heteroatoms. The van der Waals surface area contributed by atoms with E-state index in [2.05, 4.69) is 32.2 Å². The summed E-state index contributed by atoms with van der Waals surface area (Å²) in [5.74, 6) is -4.18. The Morgan fingerprint density at radius 3 is 2.41 bits per heavy atom. The molecule has 3 rings (SSSR count). The van der Waals surface area contributed by atoms with Crippen LogP contribution in [0.25, 0.3) is 0 Å². The van der Waals surface area contributed by atoms with E-state index in [4.69, 9.17) is 27.9 Å². The molecule has 10 nitrogen and oxygen atoms in total. The van der Waals surface area contributed by atoms with E-state index in [0.29, 0.717) is 10.6 Å². The van der Waals surface area contributed by atoms with E-state index in [1.165, 1.54) is 18.2 Å². The van der Waals surface area contributed by atoms with Crippen molar-refractivity contribution in [1.82, 2.24) is 21.3 Å². The minimum absolute atomic E-state index is 0.103. The Labute approximate surface area is 212 Å². The molecule has 0 aliphatic carbocycles. The molecule has 34 heavy (non-hydrogen) atoms. The van der Waals surface area contributed by atoms with Crippen molar-refractivity contribution in [2.45, 2.75) is 6.42 Å². The summed E-state index contributed by atoms with van der Waals surface area (Å²) in [6, 6.07) is 10.7. The molecule has 2 aromatic rings. The molecule has 3 N–H and O–H groups in total. The molecule has 1 aliphatic heterocycles. The standard InChI is InChI=1S/C21H17BrCl2N4O6/c22-13-3-1-11(2-4-13)19(31)26-25-17(29)10-34-21(33)12-7-18(30)28(9-12)27-20(32)15-6-5-14(23)8-16(15)24/h1-6,8,12H,7,9-10H2,(H,25,29)(H,26,31)(H,27,32)/t12-/m0/s1. The van der Waals surface area contributed by atoms with Crippen molar-refractivity contribution in [3.8, 4) is 0 Å². The predicted octanol–water partition coefficient (Wildman–Crippen LogP) is 2.25. The number of carbonyl (C=O) groups is 5. The molecule has 178 valence electrons. The van der Waals surface area contributed by atoms with Crippen LogP contribution in [0.3, 0.4) is 0 Å². The summed E-state index contributed by atoms with van der Waals surface area (Å²) in [6.45, 7) is -0.812. The molecule has 0 spiro atoms. The lowest BCUT2D eigenvalue weighted by molar-refractivity contribution is -0.152. The van der Waals surface area contributed by atoms with E-state index in [1.54, 1.807) is 24.3 Å². The molecule has 0 aromatic heterocycles. The van der Waals surface area contributed by atoms with Gasteiger partial charge in [0, 0.05) is 21.5 Å². The fourth-order valence-electron chi connectivity index (χ4n) is 2.92. The molecular weight excluding hydrogens is 555 g/mol. The van der Waals surface area contributed by atoms with Crippen molar-refractivity contribution in [2.75, 3.05) is 13.2 Å². The summed E-state index contributed by atoms with van der Waals surface area (Å²) in [6.07, 6.45) is -0.213. The number of nitrogens with one attached hydrogen (secondary N) is 3. The summed E-state index contributed by atoms with van der Waals surface area (Å²) < 4.78 is 5.71. The van der Waals surface area contributed by atoms with Gasteiger partial charge in [0.05, 0.1) is 23.0 Å². The van der Waals surface area contributed by atoms with E-state index >= 15 is 0 Å². The molecule has 1 aliphatic rings. The van der Waals surface area contributed by atoms with Crippen LogP contribution in [0.15, 0.2) is 46.9 Å². The number of nitrogens with zero attached hydrogens (tertiary/aromatic N) is 1. The summed E-state index contributed by atoms with van der Waals surface area (Å²) in [5, 5.41) is 1.43. The predicted molar refractivity (Wildman–Crippen MR) is 124 cm³/mol. The first-order chi connectivity index (χ1) is 16.1. The highest BCUT2D eigenvalue weighted by Gasteiger charge is 2.37. The van der Waals surface area contributed by atoms with E-state index in [-0.39, 0.29) is 23.6 Å². The second-order valence-electron chi connectivity index (χ2n) is 7.09. The van der Waals surface area contributed by atoms with Gasteiger partial charge in [-0.15, -0.1) is 0 Å². The van der Waals surface area contributed by atoms with Crippen LogP contribution in [-0.2, 0) is 19.1 Å². The molecule has 1 fully saturated rings. The Kier molecular flexibility index (Phi) is 8.48. The molecule has 1 atom stereocenters. The Bertz CT molecular complexity index is 1140. The number of hydrogen-bond donors (Lipinski definition) is 3. The van der Waals surface area contributed by atoms with E-state index in [0.717, 1.165) is 9.48 Å². The zero-order chi connectivity index (χ0) is 24.8. The number of halogens is 3. The fraction of sp³-hybridized carbons (Fsp3) is 0.190. The second-order valence-corrected chi connectivity index (χ2v) is 8.85. The van der Waals surface area contributed by atoms with Crippen molar-refractivity contribution in [3.05, 3.63) is 68.1 Å². The molecule has 2 aromatic carbocycles. The Morgan fingerprint density at radius 1 is 1.03 bits per heavy atom. The van der Waals surface area contributed by atoms with Gasteiger partial charge < -0.3 is 4.74 Å². The quantitative estimate of drug-likeness (QED) is 0.360. The van der Waals surface area contributed by atoms with Crippen molar-refractivity contribution < 1.29 is 28.7 Å². The highest BCUT2D eigenvalue weighted by molar-refractivity contribution is 9.10. The lowest BCUT2D eigenvalue weighted by Gasteiger charge is -2.18. The lowest BCUT2D eigenvalue weighted by Crippen LogP contribution is -2.44. The van der Waals surface area contributed by atoms with Crippen LogP contribution in [0.2, 0.25) is 10.0 Å². The maximum absolute atomic E-state index is 12.4. The van der Waals surface area contributed by atoms with Gasteiger partial charge in [-0.25, -0.2) is 0 Å². The normalized spacial score (nSPS) is 15.0. The fourth-order valence-corrected chi connectivity index (χ4v) is 3.68. The third-order valence-corrected chi connectivity index (χ3v) is 5.71. The first-order valence-electron chi connectivity index (χ1n) is 9.72. The highest BCUT2D eigenvalue weighted by atomic mass is 79.9. The van der Waals surface area contributed by atoms with Gasteiger partial charge in [0.15, 0.2) is 6.61 Å². The van der Waals surface area contributed by atoms with Crippen LogP contribution in [0.4, 0.5) is 0 Å². The van der Waals surface area contributed by atoms with Crippen LogP contribution in [-0.4, -0.2) is 47.8 Å². The topological polar surface area (TPSA) is 134 Å². The maximum Gasteiger partial charge on any atom is 0.311 e. The second kappa shape index (κ2) is 11.3. The van der Waals surface area contributed by atoms with Crippen molar-refractivity contribution in [1.29, 1.82) is 0 Å². The molecule has 1 heterocycles. The highest BCUT2D eigenvalue weighted by Crippen LogP contribution is 2.22. The molecule has 0 radical (unpaired) electrons. The smallest absolute Gasteiger partial charge is 0.311 e. The minimum Gasteiger partial charge on any atom is -0.455 e. The molecule has 0 bridgehead atoms. The number of ether oxygens (including phenoxy) is 1. The number of rotatable bonds is 6. The van der Waals surface area contributed by atoms with E-state index in [1.807, 2.05) is 0 Å². The van der Waals surface area contributed by atoms with Gasteiger partial charge in [0.1, 0.15) is 0 Å². The SMILES string of the molecule is O=C(COC(=O)[C@H]1CC(=O)N(NC(=O)c2ccc(Cl)cc2Cl)C1)NNC(=O)c1ccc(Br)cc1. The molecule has 1 saturated heterocycles. The number of carbonyl (C=O) groups excluding carboxylic acids is 5. The number of benzene rings is 2. The third kappa shape index (κ3) is 6.69. The van der Waals surface area contributed by atoms with Crippen molar-refractivity contribution >= 4 is 68.7 Å². The first kappa shape index (κ1) is 25.5. The number of esters is 1. The van der Waals surface area contributed by atoms with E-state index < -0.39 is 42.1 Å². The van der Waals surface area contributed by atoms with Gasteiger partial charge in [-0.2, -0.15) is 0 Å². The van der Waals surface area contributed by atoms with Gasteiger partial charge in [-0.1, -0.05) is 39.1 Å². The summed E-state index contributed by atoms with van der Waals surface area (Å²) >= 11 is 15.0. The number of amides is 4. The number of hydrazine groups is 2. The Morgan fingerprint density at radius 2 is 1.74 bits per heavy atom. The monoisotopic (exact) mass is 570 g/mol. The van der Waals surface area contributed by atoms with Crippen LogP contribution < -0.4 is 16.3 Å². The average molecular weight is 572 g/mol. The zero-order valence-corrected chi connectivity index (χ0v) is 20.4. The minimum atomic E-state index is -0.890. The Balaban J connectivity index is 1.44. The average Bonchev–Trinajstić information content (AvgIpc) is 3.16. The van der Waals surface area contributed by atoms with Gasteiger partial charge in [0.25, 0.3) is 17.7 Å². The summed E-state index contributed by atoms with van der Waals surface area (Å²) in [5.41, 5.74) is 7.13. The van der Waals surface area contributed by atoms with Crippen LogP contribution >= 0.6 is 39.1 Å². The van der Waals surface area contributed by atoms with E-state index in [9.17, 15) is 24.0 Å². The Hall–Kier alpha value is -3.15. The van der Waals surface area contributed by atoms with Gasteiger partial charge in [-0.3, -0.25) is 45.3 Å².